The second kappa shape index (κ2) is 5.06. The smallest absolute Gasteiger partial charge is 0.375 e. The third-order valence-corrected chi connectivity index (χ3v) is 2.77. The summed E-state index contributed by atoms with van der Waals surface area (Å²) in [5.74, 6) is 0. The molecule has 0 amide bonds. The van der Waals surface area contributed by atoms with E-state index < -0.39 is 12.6 Å². The minimum absolute atomic E-state index is 0.0775. The van der Waals surface area contributed by atoms with Crippen LogP contribution in [-0.2, 0) is 11.3 Å². The molecule has 1 atom stereocenters. The van der Waals surface area contributed by atoms with Gasteiger partial charge in [0.25, 0.3) is 0 Å². The lowest BCUT2D eigenvalue weighted by Crippen LogP contribution is -2.32. The monoisotopic (exact) mass is 245 g/mol. The fourth-order valence-corrected chi connectivity index (χ4v) is 1.94. The first-order chi connectivity index (χ1) is 8.06. The molecule has 1 aromatic rings. The number of fused-ring (bicyclic) bond motifs is 1. The Labute approximate surface area is 97.8 Å². The number of halogens is 3. The van der Waals surface area contributed by atoms with Crippen LogP contribution in [0.4, 0.5) is 13.2 Å². The molecule has 1 heterocycles. The standard InChI is InChI=1S/C12H14F3NO/c13-12(14,15)5-6-16-11-8-17-7-9-3-1-2-4-10(9)11/h1-4,11,16H,5-8H2. The molecule has 0 saturated heterocycles. The Morgan fingerprint density at radius 3 is 2.82 bits per heavy atom. The summed E-state index contributed by atoms with van der Waals surface area (Å²) in [6.07, 6.45) is -4.92. The van der Waals surface area contributed by atoms with Crippen LogP contribution in [-0.4, -0.2) is 19.3 Å². The van der Waals surface area contributed by atoms with E-state index in [0.717, 1.165) is 11.1 Å². The number of nitrogens with one attached hydrogen (secondary N) is 1. The fourth-order valence-electron chi connectivity index (χ4n) is 1.94. The van der Waals surface area contributed by atoms with Crippen molar-refractivity contribution in [2.45, 2.75) is 25.2 Å². The molecule has 0 saturated carbocycles. The zero-order valence-electron chi connectivity index (χ0n) is 9.26. The lowest BCUT2D eigenvalue weighted by Gasteiger charge is -2.26. The highest BCUT2D eigenvalue weighted by Gasteiger charge is 2.27. The second-order valence-electron chi connectivity index (χ2n) is 4.09. The maximum absolute atomic E-state index is 12.0. The molecule has 17 heavy (non-hydrogen) atoms. The van der Waals surface area contributed by atoms with Gasteiger partial charge in [-0.2, -0.15) is 13.2 Å². The van der Waals surface area contributed by atoms with Crippen molar-refractivity contribution in [2.75, 3.05) is 13.2 Å². The highest BCUT2D eigenvalue weighted by atomic mass is 19.4. The van der Waals surface area contributed by atoms with Crippen LogP contribution in [0.3, 0.4) is 0 Å². The van der Waals surface area contributed by atoms with Gasteiger partial charge in [-0.25, -0.2) is 0 Å². The summed E-state index contributed by atoms with van der Waals surface area (Å²) in [4.78, 5) is 0. The zero-order valence-corrected chi connectivity index (χ0v) is 9.26. The number of benzene rings is 1. The Kier molecular flexibility index (Phi) is 3.69. The molecule has 2 rings (SSSR count). The van der Waals surface area contributed by atoms with Gasteiger partial charge in [-0.05, 0) is 11.1 Å². The van der Waals surface area contributed by atoms with Crippen molar-refractivity contribution in [3.63, 3.8) is 0 Å². The molecule has 2 nitrogen and oxygen atoms in total. The molecule has 1 aliphatic heterocycles. The maximum Gasteiger partial charge on any atom is 0.390 e. The number of hydrogen-bond donors (Lipinski definition) is 1. The topological polar surface area (TPSA) is 21.3 Å². The van der Waals surface area contributed by atoms with Crippen LogP contribution >= 0.6 is 0 Å². The van der Waals surface area contributed by atoms with Gasteiger partial charge < -0.3 is 10.1 Å². The minimum atomic E-state index is -4.11. The Balaban J connectivity index is 1.95. The van der Waals surface area contributed by atoms with E-state index in [-0.39, 0.29) is 12.6 Å². The van der Waals surface area contributed by atoms with Gasteiger partial charge in [0.15, 0.2) is 0 Å². The quantitative estimate of drug-likeness (QED) is 0.884. The van der Waals surface area contributed by atoms with Gasteiger partial charge in [-0.1, -0.05) is 24.3 Å². The van der Waals surface area contributed by atoms with E-state index in [1.54, 1.807) is 0 Å². The van der Waals surface area contributed by atoms with Gasteiger partial charge in [0.1, 0.15) is 0 Å². The van der Waals surface area contributed by atoms with Gasteiger partial charge >= 0.3 is 6.18 Å². The number of alkyl halides is 3. The average molecular weight is 245 g/mol. The lowest BCUT2D eigenvalue weighted by molar-refractivity contribution is -0.134. The lowest BCUT2D eigenvalue weighted by atomic mass is 9.99. The van der Waals surface area contributed by atoms with Crippen LogP contribution in [0.15, 0.2) is 24.3 Å². The second-order valence-corrected chi connectivity index (χ2v) is 4.09. The van der Waals surface area contributed by atoms with Crippen molar-refractivity contribution in [3.8, 4) is 0 Å². The Morgan fingerprint density at radius 2 is 2.06 bits per heavy atom. The summed E-state index contributed by atoms with van der Waals surface area (Å²) in [5, 5.41) is 2.89. The summed E-state index contributed by atoms with van der Waals surface area (Å²) < 4.78 is 41.5. The Hall–Kier alpha value is -1.07. The first kappa shape index (κ1) is 12.4. The summed E-state index contributed by atoms with van der Waals surface area (Å²) in [5.41, 5.74) is 2.09. The van der Waals surface area contributed by atoms with E-state index in [9.17, 15) is 13.2 Å². The molecule has 0 spiro atoms. The summed E-state index contributed by atoms with van der Waals surface area (Å²) in [7, 11) is 0. The summed E-state index contributed by atoms with van der Waals surface area (Å²) in [6, 6.07) is 7.53. The van der Waals surface area contributed by atoms with Crippen LogP contribution in [0.1, 0.15) is 23.6 Å². The van der Waals surface area contributed by atoms with E-state index in [1.807, 2.05) is 24.3 Å². The van der Waals surface area contributed by atoms with Crippen LogP contribution in [0.25, 0.3) is 0 Å². The summed E-state index contributed by atoms with van der Waals surface area (Å²) >= 11 is 0. The molecule has 1 unspecified atom stereocenters. The van der Waals surface area contributed by atoms with Crippen molar-refractivity contribution in [1.29, 1.82) is 0 Å². The third-order valence-electron chi connectivity index (χ3n) is 2.77. The molecule has 5 heteroatoms. The molecular weight excluding hydrogens is 231 g/mol. The van der Waals surface area contributed by atoms with Gasteiger partial charge in [0.05, 0.1) is 25.7 Å². The molecule has 1 aliphatic rings. The van der Waals surface area contributed by atoms with Gasteiger partial charge in [-0.3, -0.25) is 0 Å². The predicted octanol–water partition coefficient (Wildman–Crippen LogP) is 2.80. The first-order valence-electron chi connectivity index (χ1n) is 5.52. The molecule has 1 aromatic carbocycles. The van der Waals surface area contributed by atoms with Crippen molar-refractivity contribution >= 4 is 0 Å². The van der Waals surface area contributed by atoms with E-state index in [2.05, 4.69) is 5.32 Å². The zero-order chi connectivity index (χ0) is 12.3. The van der Waals surface area contributed by atoms with Gasteiger partial charge in [0.2, 0.25) is 0 Å². The SMILES string of the molecule is FC(F)(F)CCNC1COCc2ccccc21. The maximum atomic E-state index is 12.0. The van der Waals surface area contributed by atoms with Crippen molar-refractivity contribution < 1.29 is 17.9 Å². The van der Waals surface area contributed by atoms with Crippen molar-refractivity contribution in [3.05, 3.63) is 35.4 Å². The fraction of sp³-hybridized carbons (Fsp3) is 0.500. The van der Waals surface area contributed by atoms with Crippen LogP contribution in [0.5, 0.6) is 0 Å². The largest absolute Gasteiger partial charge is 0.390 e. The molecule has 1 N–H and O–H groups in total. The molecule has 0 aromatic heterocycles. The van der Waals surface area contributed by atoms with E-state index >= 15 is 0 Å². The Morgan fingerprint density at radius 1 is 1.29 bits per heavy atom. The van der Waals surface area contributed by atoms with Crippen molar-refractivity contribution in [2.24, 2.45) is 0 Å². The minimum Gasteiger partial charge on any atom is -0.375 e. The van der Waals surface area contributed by atoms with Gasteiger partial charge in [-0.15, -0.1) is 0 Å². The average Bonchev–Trinajstić information content (AvgIpc) is 2.28. The first-order valence-corrected chi connectivity index (χ1v) is 5.52. The third kappa shape index (κ3) is 3.44. The summed E-state index contributed by atoms with van der Waals surface area (Å²) in [6.45, 7) is 0.883. The van der Waals surface area contributed by atoms with E-state index in [0.29, 0.717) is 13.2 Å². The van der Waals surface area contributed by atoms with Crippen LogP contribution in [0, 0.1) is 0 Å². The van der Waals surface area contributed by atoms with Crippen LogP contribution in [0.2, 0.25) is 0 Å². The highest BCUT2D eigenvalue weighted by molar-refractivity contribution is 5.30. The molecular formula is C12H14F3NO. The van der Waals surface area contributed by atoms with Crippen LogP contribution < -0.4 is 5.32 Å². The molecule has 0 aliphatic carbocycles. The molecule has 0 fully saturated rings. The molecule has 94 valence electrons. The highest BCUT2D eigenvalue weighted by Crippen LogP contribution is 2.25. The van der Waals surface area contributed by atoms with Gasteiger partial charge in [0, 0.05) is 6.54 Å². The Bertz CT molecular complexity index is 378. The van der Waals surface area contributed by atoms with E-state index in [1.165, 1.54) is 0 Å². The predicted molar refractivity (Wildman–Crippen MR) is 57.5 cm³/mol. The number of rotatable bonds is 3. The van der Waals surface area contributed by atoms with Crippen molar-refractivity contribution in [1.82, 2.24) is 5.32 Å². The molecule has 0 bridgehead atoms. The molecule has 0 radical (unpaired) electrons. The number of ether oxygens (including phenoxy) is 1. The number of hydrogen-bond acceptors (Lipinski definition) is 2. The normalized spacial score (nSPS) is 20.1. The van der Waals surface area contributed by atoms with E-state index in [4.69, 9.17) is 4.74 Å².